The van der Waals surface area contributed by atoms with Crippen LogP contribution in [0.2, 0.25) is 0 Å². The molecular weight excluding hydrogens is 555 g/mol. The number of nitrogens with zero attached hydrogens (tertiary/aromatic N) is 6. The number of anilines is 1. The lowest BCUT2D eigenvalue weighted by atomic mass is 10.1. The Balaban J connectivity index is 1.52. The number of methoxy groups -OCH3 is 2. The van der Waals surface area contributed by atoms with E-state index in [9.17, 15) is 12.8 Å². The summed E-state index contributed by atoms with van der Waals surface area (Å²) in [7, 11) is -0.760. The van der Waals surface area contributed by atoms with Crippen molar-refractivity contribution in [3.05, 3.63) is 48.1 Å². The number of sulfone groups is 1. The molecule has 0 saturated carbocycles. The number of para-hydroxylation sites is 1. The van der Waals surface area contributed by atoms with Gasteiger partial charge >= 0.3 is 0 Å². The molecular formula is C27H35FN6O6S. The Labute approximate surface area is 238 Å². The molecule has 0 aliphatic carbocycles. The first-order valence-electron chi connectivity index (χ1n) is 13.6. The predicted octanol–water partition coefficient (Wildman–Crippen LogP) is 3.05. The van der Waals surface area contributed by atoms with Crippen molar-refractivity contribution >= 4 is 15.8 Å². The number of hydrogen-bond acceptors (Lipinski definition) is 11. The average Bonchev–Trinajstić information content (AvgIpc) is 3.62. The Morgan fingerprint density at radius 1 is 1.10 bits per heavy atom. The summed E-state index contributed by atoms with van der Waals surface area (Å²) < 4.78 is 66.6. The summed E-state index contributed by atoms with van der Waals surface area (Å²) in [5.41, 5.74) is 0.504. The van der Waals surface area contributed by atoms with Gasteiger partial charge in [-0.25, -0.2) is 22.8 Å². The SMILES string of the molecule is COc1cccc(OC)c1-n1c(CS(=O)(=O)[C@H]2C[C@H](OC(C)C)CN(c3ncc(F)cn3)C2)nnc1[C@H]1CCCO1. The average molecular weight is 591 g/mol. The minimum absolute atomic E-state index is 0.118. The summed E-state index contributed by atoms with van der Waals surface area (Å²) in [4.78, 5) is 9.88. The second-order valence-electron chi connectivity index (χ2n) is 10.4. The molecule has 12 nitrogen and oxygen atoms in total. The zero-order valence-electron chi connectivity index (χ0n) is 23.6. The van der Waals surface area contributed by atoms with E-state index >= 15 is 0 Å². The number of rotatable bonds is 10. The van der Waals surface area contributed by atoms with Crippen LogP contribution in [0.15, 0.2) is 30.6 Å². The lowest BCUT2D eigenvalue weighted by Crippen LogP contribution is -2.51. The molecule has 2 aliphatic rings. The molecule has 3 aromatic rings. The first-order valence-corrected chi connectivity index (χ1v) is 15.3. The smallest absolute Gasteiger partial charge is 0.225 e. The molecule has 2 saturated heterocycles. The molecule has 1 aromatic carbocycles. The maximum atomic E-state index is 14.1. The van der Waals surface area contributed by atoms with Gasteiger partial charge in [0, 0.05) is 19.7 Å². The predicted molar refractivity (Wildman–Crippen MR) is 148 cm³/mol. The van der Waals surface area contributed by atoms with E-state index < -0.39 is 32.8 Å². The Morgan fingerprint density at radius 2 is 1.80 bits per heavy atom. The number of benzene rings is 1. The molecule has 4 heterocycles. The fraction of sp³-hybridized carbons (Fsp3) is 0.556. The van der Waals surface area contributed by atoms with Crippen molar-refractivity contribution in [2.75, 3.05) is 38.8 Å². The van der Waals surface area contributed by atoms with Crippen LogP contribution in [0.5, 0.6) is 11.5 Å². The van der Waals surface area contributed by atoms with Gasteiger partial charge in [-0.2, -0.15) is 0 Å². The van der Waals surface area contributed by atoms with E-state index in [0.29, 0.717) is 36.2 Å². The molecule has 2 aromatic heterocycles. The van der Waals surface area contributed by atoms with Crippen LogP contribution in [0.1, 0.15) is 50.9 Å². The second kappa shape index (κ2) is 12.2. The summed E-state index contributed by atoms with van der Waals surface area (Å²) >= 11 is 0. The zero-order chi connectivity index (χ0) is 29.1. The summed E-state index contributed by atoms with van der Waals surface area (Å²) in [6.07, 6.45) is 3.13. The van der Waals surface area contributed by atoms with Gasteiger partial charge in [0.2, 0.25) is 5.95 Å². The molecule has 0 radical (unpaired) electrons. The van der Waals surface area contributed by atoms with Crippen molar-refractivity contribution in [3.63, 3.8) is 0 Å². The summed E-state index contributed by atoms with van der Waals surface area (Å²) in [5.74, 6) is 0.931. The fourth-order valence-electron chi connectivity index (χ4n) is 5.39. The molecule has 0 spiro atoms. The second-order valence-corrected chi connectivity index (χ2v) is 12.7. The van der Waals surface area contributed by atoms with Crippen LogP contribution in [0.25, 0.3) is 5.69 Å². The van der Waals surface area contributed by atoms with Crippen molar-refractivity contribution in [2.24, 2.45) is 0 Å². The number of hydrogen-bond donors (Lipinski definition) is 0. The largest absolute Gasteiger partial charge is 0.494 e. The quantitative estimate of drug-likeness (QED) is 0.345. The third-order valence-corrected chi connectivity index (χ3v) is 9.18. The number of aromatic nitrogens is 5. The van der Waals surface area contributed by atoms with Crippen molar-refractivity contribution in [1.29, 1.82) is 0 Å². The van der Waals surface area contributed by atoms with Gasteiger partial charge in [-0.05, 0) is 45.2 Å². The van der Waals surface area contributed by atoms with Crippen LogP contribution in [0.4, 0.5) is 10.3 Å². The van der Waals surface area contributed by atoms with Crippen molar-refractivity contribution in [3.8, 4) is 17.2 Å². The number of ether oxygens (including phenoxy) is 4. The Kier molecular flexibility index (Phi) is 8.71. The topological polar surface area (TPSA) is 131 Å². The number of piperidine rings is 1. The molecule has 0 N–H and O–H groups in total. The van der Waals surface area contributed by atoms with Crippen LogP contribution in [0, 0.1) is 5.82 Å². The van der Waals surface area contributed by atoms with E-state index in [0.717, 1.165) is 25.2 Å². The minimum Gasteiger partial charge on any atom is -0.494 e. The monoisotopic (exact) mass is 590 g/mol. The van der Waals surface area contributed by atoms with Crippen LogP contribution in [-0.2, 0) is 25.1 Å². The molecule has 0 amide bonds. The first-order chi connectivity index (χ1) is 19.7. The van der Waals surface area contributed by atoms with Crippen LogP contribution < -0.4 is 14.4 Å². The van der Waals surface area contributed by atoms with Crippen molar-refractivity contribution < 1.29 is 31.8 Å². The fourth-order valence-corrected chi connectivity index (χ4v) is 7.09. The summed E-state index contributed by atoms with van der Waals surface area (Å²) in [6, 6.07) is 5.33. The maximum Gasteiger partial charge on any atom is 0.225 e. The normalized spacial score (nSPS) is 21.4. The van der Waals surface area contributed by atoms with Gasteiger partial charge < -0.3 is 23.8 Å². The molecule has 41 heavy (non-hydrogen) atoms. The van der Waals surface area contributed by atoms with Gasteiger partial charge in [-0.3, -0.25) is 4.57 Å². The van der Waals surface area contributed by atoms with E-state index in [2.05, 4.69) is 20.2 Å². The molecule has 14 heteroatoms. The van der Waals surface area contributed by atoms with E-state index in [1.807, 2.05) is 13.8 Å². The molecule has 3 atom stereocenters. The van der Waals surface area contributed by atoms with E-state index in [-0.39, 0.29) is 36.9 Å². The molecule has 2 aliphatic heterocycles. The molecule has 2 fully saturated rings. The van der Waals surface area contributed by atoms with Crippen molar-refractivity contribution in [2.45, 2.75) is 62.4 Å². The molecule has 222 valence electrons. The minimum atomic E-state index is -3.83. The Hall–Kier alpha value is -3.36. The first kappa shape index (κ1) is 29.1. The lowest BCUT2D eigenvalue weighted by Gasteiger charge is -2.38. The van der Waals surface area contributed by atoms with Crippen LogP contribution in [0.3, 0.4) is 0 Å². The van der Waals surface area contributed by atoms with Gasteiger partial charge in [-0.15, -0.1) is 10.2 Å². The van der Waals surface area contributed by atoms with Crippen molar-refractivity contribution in [1.82, 2.24) is 24.7 Å². The van der Waals surface area contributed by atoms with Crippen LogP contribution >= 0.6 is 0 Å². The summed E-state index contributed by atoms with van der Waals surface area (Å²) in [6.45, 7) is 4.87. The van der Waals surface area contributed by atoms with Gasteiger partial charge in [0.05, 0.1) is 44.1 Å². The molecule has 5 rings (SSSR count). The number of halogens is 1. The highest BCUT2D eigenvalue weighted by molar-refractivity contribution is 7.91. The van der Waals surface area contributed by atoms with E-state index in [4.69, 9.17) is 18.9 Å². The van der Waals surface area contributed by atoms with Gasteiger partial charge in [-0.1, -0.05) is 6.07 Å². The Morgan fingerprint density at radius 3 is 2.41 bits per heavy atom. The lowest BCUT2D eigenvalue weighted by molar-refractivity contribution is 0.00143. The maximum absolute atomic E-state index is 14.1. The van der Waals surface area contributed by atoms with Crippen LogP contribution in [-0.4, -0.2) is 84.5 Å². The highest BCUT2D eigenvalue weighted by atomic mass is 32.2. The standard InChI is InChI=1S/C27H35FN6O6S/c1-17(2)40-19-11-20(15-33(14-19)27-29-12-18(28)13-30-27)41(35,36)16-24-31-32-26(23-9-6-10-39-23)34(24)25-21(37-3)7-5-8-22(25)38-4/h5,7-8,12-13,17,19-20,23H,6,9-11,14-16H2,1-4H3/t19-,20-,23+/m0/s1. The van der Waals surface area contributed by atoms with E-state index in [1.165, 1.54) is 14.2 Å². The third kappa shape index (κ3) is 6.28. The third-order valence-electron chi connectivity index (χ3n) is 7.16. The molecule has 0 bridgehead atoms. The van der Waals surface area contributed by atoms with E-state index in [1.54, 1.807) is 27.7 Å². The Bertz CT molecular complexity index is 1420. The highest BCUT2D eigenvalue weighted by Crippen LogP contribution is 2.38. The highest BCUT2D eigenvalue weighted by Gasteiger charge is 2.39. The van der Waals surface area contributed by atoms with Gasteiger partial charge in [0.25, 0.3) is 0 Å². The molecule has 0 unspecified atom stereocenters. The van der Waals surface area contributed by atoms with Gasteiger partial charge in [0.1, 0.15) is 29.0 Å². The zero-order valence-corrected chi connectivity index (χ0v) is 24.4. The van der Waals surface area contributed by atoms with Gasteiger partial charge in [0.15, 0.2) is 27.3 Å². The summed E-state index contributed by atoms with van der Waals surface area (Å²) in [5, 5.41) is 7.93.